The highest BCUT2D eigenvalue weighted by Crippen LogP contribution is 2.20. The molecule has 1 amide bonds. The van der Waals surface area contributed by atoms with Gasteiger partial charge in [-0.25, -0.2) is 9.97 Å². The lowest BCUT2D eigenvalue weighted by molar-refractivity contribution is 0.0959. The third-order valence-electron chi connectivity index (χ3n) is 3.76. The van der Waals surface area contributed by atoms with Crippen LogP contribution in [0.4, 0.5) is 5.82 Å². The van der Waals surface area contributed by atoms with Crippen molar-refractivity contribution in [3.05, 3.63) is 58.2 Å². The number of nitrogens with zero attached hydrogens (tertiary/aromatic N) is 3. The molecule has 0 radical (unpaired) electrons. The molecule has 0 aliphatic rings. The fraction of sp³-hybridized carbons (Fsp3) is 0.222. The molecule has 3 aromatic rings. The van der Waals surface area contributed by atoms with E-state index in [9.17, 15) is 4.79 Å². The Bertz CT molecular complexity index is 849. The summed E-state index contributed by atoms with van der Waals surface area (Å²) in [5.41, 5.74) is 2.79. The lowest BCUT2D eigenvalue weighted by Gasteiger charge is -2.12. The van der Waals surface area contributed by atoms with Crippen LogP contribution in [0.15, 0.2) is 42.0 Å². The fourth-order valence-corrected chi connectivity index (χ4v) is 2.92. The van der Waals surface area contributed by atoms with Gasteiger partial charge in [-0.1, -0.05) is 6.07 Å². The average Bonchev–Trinajstić information content (AvgIpc) is 3.17. The summed E-state index contributed by atoms with van der Waals surface area (Å²) in [5, 5.41) is 8.06. The minimum atomic E-state index is -0.0524. The number of carbonyl (C=O) groups is 1. The maximum atomic E-state index is 11.9. The van der Waals surface area contributed by atoms with Crippen LogP contribution in [0.5, 0.6) is 0 Å². The molecule has 0 spiro atoms. The van der Waals surface area contributed by atoms with Gasteiger partial charge in [0.25, 0.3) is 5.91 Å². The SMILES string of the molecule is Cc1nc(-c2cccnc2)nc(NCCNC(=O)c2cccs2)c1C. The van der Waals surface area contributed by atoms with Crippen molar-refractivity contribution in [2.24, 2.45) is 0 Å². The summed E-state index contributed by atoms with van der Waals surface area (Å²) in [6.45, 7) is 5.04. The fourth-order valence-electron chi connectivity index (χ4n) is 2.28. The van der Waals surface area contributed by atoms with E-state index in [0.29, 0.717) is 23.8 Å². The summed E-state index contributed by atoms with van der Waals surface area (Å²) in [4.78, 5) is 25.9. The van der Waals surface area contributed by atoms with Gasteiger partial charge in [-0.15, -0.1) is 11.3 Å². The summed E-state index contributed by atoms with van der Waals surface area (Å²) in [5.74, 6) is 1.36. The zero-order valence-corrected chi connectivity index (χ0v) is 14.9. The van der Waals surface area contributed by atoms with Gasteiger partial charge in [0.05, 0.1) is 4.88 Å². The largest absolute Gasteiger partial charge is 0.368 e. The van der Waals surface area contributed by atoms with Crippen LogP contribution in [-0.2, 0) is 0 Å². The van der Waals surface area contributed by atoms with Crippen molar-refractivity contribution in [3.8, 4) is 11.4 Å². The zero-order chi connectivity index (χ0) is 17.6. The van der Waals surface area contributed by atoms with Gasteiger partial charge in [0.1, 0.15) is 5.82 Å². The number of carbonyl (C=O) groups excluding carboxylic acids is 1. The predicted molar refractivity (Wildman–Crippen MR) is 99.9 cm³/mol. The van der Waals surface area contributed by atoms with E-state index in [1.165, 1.54) is 11.3 Å². The number of rotatable bonds is 6. The summed E-state index contributed by atoms with van der Waals surface area (Å²) in [6.07, 6.45) is 3.47. The topological polar surface area (TPSA) is 79.8 Å². The van der Waals surface area contributed by atoms with Crippen LogP contribution in [0.1, 0.15) is 20.9 Å². The van der Waals surface area contributed by atoms with Gasteiger partial charge in [-0.05, 0) is 37.4 Å². The molecular formula is C18H19N5OS. The Morgan fingerprint density at radius 2 is 2.04 bits per heavy atom. The number of nitrogens with one attached hydrogen (secondary N) is 2. The third-order valence-corrected chi connectivity index (χ3v) is 4.63. The van der Waals surface area contributed by atoms with Crippen molar-refractivity contribution in [1.29, 1.82) is 0 Å². The number of hydrogen-bond donors (Lipinski definition) is 2. The quantitative estimate of drug-likeness (QED) is 0.666. The Kier molecular flexibility index (Phi) is 5.35. The van der Waals surface area contributed by atoms with E-state index >= 15 is 0 Å². The summed E-state index contributed by atoms with van der Waals surface area (Å²) < 4.78 is 0. The van der Waals surface area contributed by atoms with Gasteiger partial charge in [-0.2, -0.15) is 0 Å². The van der Waals surface area contributed by atoms with Crippen molar-refractivity contribution >= 4 is 23.1 Å². The highest BCUT2D eigenvalue weighted by Gasteiger charge is 2.10. The predicted octanol–water partition coefficient (Wildman–Crippen LogP) is 3.06. The lowest BCUT2D eigenvalue weighted by atomic mass is 10.2. The highest BCUT2D eigenvalue weighted by molar-refractivity contribution is 7.12. The standard InChI is InChI=1S/C18H19N5OS/c1-12-13(2)22-17(14-5-3-7-19-11-14)23-16(12)20-8-9-21-18(24)15-6-4-10-25-15/h3-7,10-11H,8-9H2,1-2H3,(H,21,24)(H,20,22,23). The normalized spacial score (nSPS) is 10.5. The van der Waals surface area contributed by atoms with Gasteiger partial charge >= 0.3 is 0 Å². The first kappa shape index (κ1) is 17.0. The average molecular weight is 353 g/mol. The molecule has 128 valence electrons. The Labute approximate surface area is 150 Å². The van der Waals surface area contributed by atoms with E-state index in [1.54, 1.807) is 12.4 Å². The van der Waals surface area contributed by atoms with Crippen LogP contribution in [0.25, 0.3) is 11.4 Å². The Morgan fingerprint density at radius 1 is 1.16 bits per heavy atom. The van der Waals surface area contributed by atoms with Crippen LogP contribution >= 0.6 is 11.3 Å². The van der Waals surface area contributed by atoms with Gasteiger partial charge in [0.15, 0.2) is 5.82 Å². The number of anilines is 1. The first-order chi connectivity index (χ1) is 12.1. The monoisotopic (exact) mass is 353 g/mol. The van der Waals surface area contributed by atoms with Gasteiger partial charge in [0, 0.05) is 42.3 Å². The van der Waals surface area contributed by atoms with E-state index in [0.717, 1.165) is 22.6 Å². The molecule has 3 rings (SSSR count). The second-order valence-corrected chi connectivity index (χ2v) is 6.46. The first-order valence-corrected chi connectivity index (χ1v) is 8.84. The second kappa shape index (κ2) is 7.85. The van der Waals surface area contributed by atoms with Gasteiger partial charge < -0.3 is 10.6 Å². The molecule has 7 heteroatoms. The summed E-state index contributed by atoms with van der Waals surface area (Å²) in [6, 6.07) is 7.47. The molecule has 6 nitrogen and oxygen atoms in total. The smallest absolute Gasteiger partial charge is 0.261 e. The molecule has 3 heterocycles. The molecular weight excluding hydrogens is 334 g/mol. The van der Waals surface area contributed by atoms with Crippen molar-refractivity contribution in [1.82, 2.24) is 20.3 Å². The summed E-state index contributed by atoms with van der Waals surface area (Å²) in [7, 11) is 0. The molecule has 25 heavy (non-hydrogen) atoms. The van der Waals surface area contributed by atoms with Crippen molar-refractivity contribution < 1.29 is 4.79 Å². The maximum Gasteiger partial charge on any atom is 0.261 e. The molecule has 0 unspecified atom stereocenters. The van der Waals surface area contributed by atoms with Gasteiger partial charge in [0.2, 0.25) is 0 Å². The van der Waals surface area contributed by atoms with Crippen LogP contribution in [0.2, 0.25) is 0 Å². The molecule has 0 aliphatic carbocycles. The van der Waals surface area contributed by atoms with Crippen LogP contribution in [0.3, 0.4) is 0 Å². The van der Waals surface area contributed by atoms with Crippen molar-refractivity contribution in [3.63, 3.8) is 0 Å². The van der Waals surface area contributed by atoms with Crippen molar-refractivity contribution in [2.45, 2.75) is 13.8 Å². The van der Waals surface area contributed by atoms with Crippen LogP contribution < -0.4 is 10.6 Å². The zero-order valence-electron chi connectivity index (χ0n) is 14.1. The molecule has 3 aromatic heterocycles. The number of aryl methyl sites for hydroxylation is 1. The number of thiophene rings is 1. The van der Waals surface area contributed by atoms with Gasteiger partial charge in [-0.3, -0.25) is 9.78 Å². The minimum Gasteiger partial charge on any atom is -0.368 e. The Balaban J connectivity index is 1.64. The summed E-state index contributed by atoms with van der Waals surface area (Å²) >= 11 is 1.43. The molecule has 0 saturated heterocycles. The Hall–Kier alpha value is -2.80. The lowest BCUT2D eigenvalue weighted by Crippen LogP contribution is -2.28. The number of amides is 1. The van der Waals surface area contributed by atoms with E-state index in [-0.39, 0.29) is 5.91 Å². The number of aromatic nitrogens is 3. The molecule has 0 aliphatic heterocycles. The van der Waals surface area contributed by atoms with E-state index in [2.05, 4.69) is 25.6 Å². The highest BCUT2D eigenvalue weighted by atomic mass is 32.1. The maximum absolute atomic E-state index is 11.9. The van der Waals surface area contributed by atoms with Crippen LogP contribution in [0, 0.1) is 13.8 Å². The van der Waals surface area contributed by atoms with E-state index < -0.39 is 0 Å². The first-order valence-electron chi connectivity index (χ1n) is 7.96. The Morgan fingerprint density at radius 3 is 2.76 bits per heavy atom. The van der Waals surface area contributed by atoms with Crippen molar-refractivity contribution in [2.75, 3.05) is 18.4 Å². The number of hydrogen-bond acceptors (Lipinski definition) is 6. The number of pyridine rings is 1. The molecule has 0 saturated carbocycles. The van der Waals surface area contributed by atoms with E-state index in [1.807, 2.05) is 43.5 Å². The molecule has 0 atom stereocenters. The molecule has 0 fully saturated rings. The van der Waals surface area contributed by atoms with E-state index in [4.69, 9.17) is 0 Å². The molecule has 0 bridgehead atoms. The second-order valence-electron chi connectivity index (χ2n) is 5.51. The molecule has 0 aromatic carbocycles. The van der Waals surface area contributed by atoms with Crippen LogP contribution in [-0.4, -0.2) is 33.9 Å². The minimum absolute atomic E-state index is 0.0524. The third kappa shape index (κ3) is 4.19. The molecule has 2 N–H and O–H groups in total.